The van der Waals surface area contributed by atoms with Crippen LogP contribution in [0.4, 0.5) is 5.69 Å². The van der Waals surface area contributed by atoms with Crippen molar-refractivity contribution in [1.29, 1.82) is 0 Å². The van der Waals surface area contributed by atoms with Crippen molar-refractivity contribution in [3.63, 3.8) is 0 Å². The van der Waals surface area contributed by atoms with Gasteiger partial charge in [0.1, 0.15) is 5.75 Å². The van der Waals surface area contributed by atoms with Gasteiger partial charge in [0.2, 0.25) is 5.91 Å². The van der Waals surface area contributed by atoms with Gasteiger partial charge in [-0.25, -0.2) is 0 Å². The molecule has 0 aromatic heterocycles. The number of nitrogens with one attached hydrogen (secondary N) is 1. The van der Waals surface area contributed by atoms with Crippen LogP contribution in [0.2, 0.25) is 0 Å². The number of hydrogen-bond donors (Lipinski definition) is 1. The second kappa shape index (κ2) is 16.2. The number of carbonyl (C=O) groups excluding carboxylic acids is 2. The first kappa shape index (κ1) is 30.6. The number of hydrogen-bond acceptors (Lipinski definition) is 4. The average molecular weight is 509 g/mol. The fourth-order valence-electron chi connectivity index (χ4n) is 4.65. The number of rotatable bonds is 16. The number of nitrogens with zero attached hydrogens (tertiary/aromatic N) is 1. The Kier molecular flexibility index (Phi) is 13.4. The van der Waals surface area contributed by atoms with E-state index in [1.165, 1.54) is 12.0 Å². The molecule has 0 bridgehead atoms. The molecule has 5 nitrogen and oxygen atoms in total. The van der Waals surface area contributed by atoms with Crippen LogP contribution in [-0.2, 0) is 16.1 Å². The molecule has 5 heteroatoms. The fourth-order valence-corrected chi connectivity index (χ4v) is 4.65. The molecule has 0 radical (unpaired) electrons. The van der Waals surface area contributed by atoms with Crippen molar-refractivity contribution in [3.05, 3.63) is 59.2 Å². The molecule has 0 heterocycles. The van der Waals surface area contributed by atoms with E-state index in [9.17, 15) is 9.59 Å². The molecule has 0 spiro atoms. The Morgan fingerprint density at radius 1 is 0.892 bits per heavy atom. The molecule has 0 aliphatic carbocycles. The third-order valence-electron chi connectivity index (χ3n) is 6.95. The maximum atomic E-state index is 13.1. The summed E-state index contributed by atoms with van der Waals surface area (Å²) in [5, 5.41) is 3.21. The van der Waals surface area contributed by atoms with Gasteiger partial charge < -0.3 is 10.1 Å². The summed E-state index contributed by atoms with van der Waals surface area (Å²) in [5.41, 5.74) is 4.39. The minimum Gasteiger partial charge on any atom is -0.427 e. The fraction of sp³-hybridized carbons (Fsp3) is 0.562. The Labute approximate surface area is 225 Å². The quantitative estimate of drug-likeness (QED) is 0.143. The lowest BCUT2D eigenvalue weighted by Gasteiger charge is -2.24. The Balaban J connectivity index is 1.89. The lowest BCUT2D eigenvalue weighted by Crippen LogP contribution is -2.28. The van der Waals surface area contributed by atoms with E-state index < -0.39 is 0 Å². The van der Waals surface area contributed by atoms with Gasteiger partial charge in [-0.15, -0.1) is 0 Å². The van der Waals surface area contributed by atoms with Crippen LogP contribution in [-0.4, -0.2) is 29.9 Å². The molecular weight excluding hydrogens is 460 g/mol. The van der Waals surface area contributed by atoms with Gasteiger partial charge in [0, 0.05) is 24.6 Å². The molecule has 0 fully saturated rings. The summed E-state index contributed by atoms with van der Waals surface area (Å²) in [6.45, 7) is 15.5. The highest BCUT2D eigenvalue weighted by atomic mass is 16.5. The topological polar surface area (TPSA) is 58.6 Å². The molecule has 1 unspecified atom stereocenters. The molecule has 2 aromatic rings. The maximum Gasteiger partial charge on any atom is 0.311 e. The zero-order valence-electron chi connectivity index (χ0n) is 23.9. The van der Waals surface area contributed by atoms with Gasteiger partial charge in [0.05, 0.1) is 0 Å². The highest BCUT2D eigenvalue weighted by Gasteiger charge is 2.23. The number of ether oxygens (including phenoxy) is 1. The van der Waals surface area contributed by atoms with E-state index >= 15 is 0 Å². The van der Waals surface area contributed by atoms with Crippen LogP contribution in [0.3, 0.4) is 0 Å². The third-order valence-corrected chi connectivity index (χ3v) is 6.95. The standard InChI is InChI=1S/C32H48N2O3/c1-7-9-21-34(23-27-17-19-28(20-18-27)37-30(35)13-8-2)22-11-10-16-29(24(3)4)32(36)33-31-25(5)14-12-15-26(31)6/h12,14-15,17-20,24,29H,7-11,13,16,21-23H2,1-6H3,(H,33,36). The number of amides is 1. The molecule has 204 valence electrons. The lowest BCUT2D eigenvalue weighted by atomic mass is 9.89. The second-order valence-corrected chi connectivity index (χ2v) is 10.6. The molecule has 0 aliphatic heterocycles. The number of unbranched alkanes of at least 4 members (excludes halogenated alkanes) is 2. The molecule has 1 N–H and O–H groups in total. The highest BCUT2D eigenvalue weighted by Crippen LogP contribution is 2.25. The molecule has 2 aromatic carbocycles. The van der Waals surface area contributed by atoms with Gasteiger partial charge >= 0.3 is 5.97 Å². The van der Waals surface area contributed by atoms with Gasteiger partial charge in [-0.05, 0) is 87.4 Å². The number of benzene rings is 2. The number of esters is 1. The zero-order valence-corrected chi connectivity index (χ0v) is 23.9. The lowest BCUT2D eigenvalue weighted by molar-refractivity contribution is -0.134. The van der Waals surface area contributed by atoms with Crippen molar-refractivity contribution in [2.45, 2.75) is 93.0 Å². The summed E-state index contributed by atoms with van der Waals surface area (Å²) in [5.74, 6) is 0.870. The van der Waals surface area contributed by atoms with Gasteiger partial charge in [0.15, 0.2) is 0 Å². The molecule has 0 aliphatic rings. The number of para-hydroxylation sites is 1. The first-order chi connectivity index (χ1) is 17.7. The summed E-state index contributed by atoms with van der Waals surface area (Å²) in [7, 11) is 0. The van der Waals surface area contributed by atoms with Gasteiger partial charge in [-0.2, -0.15) is 0 Å². The zero-order chi connectivity index (χ0) is 27.2. The Morgan fingerprint density at radius 2 is 1.54 bits per heavy atom. The van der Waals surface area contributed by atoms with Crippen LogP contribution in [0.15, 0.2) is 42.5 Å². The smallest absolute Gasteiger partial charge is 0.311 e. The summed E-state index contributed by atoms with van der Waals surface area (Å²) >= 11 is 0. The van der Waals surface area contributed by atoms with Crippen LogP contribution in [0.1, 0.15) is 89.3 Å². The van der Waals surface area contributed by atoms with Crippen molar-refractivity contribution < 1.29 is 14.3 Å². The van der Waals surface area contributed by atoms with Gasteiger partial charge in [-0.1, -0.05) is 70.9 Å². The predicted octanol–water partition coefficient (Wildman–Crippen LogP) is 7.69. The minimum absolute atomic E-state index is 0.00561. The van der Waals surface area contributed by atoms with Crippen molar-refractivity contribution in [3.8, 4) is 5.75 Å². The normalized spacial score (nSPS) is 12.1. The largest absolute Gasteiger partial charge is 0.427 e. The third kappa shape index (κ3) is 10.7. The van der Waals surface area contributed by atoms with Gasteiger partial charge in [-0.3, -0.25) is 14.5 Å². The van der Waals surface area contributed by atoms with Gasteiger partial charge in [0.25, 0.3) is 0 Å². The van der Waals surface area contributed by atoms with Crippen molar-refractivity contribution in [2.24, 2.45) is 11.8 Å². The summed E-state index contributed by atoms with van der Waals surface area (Å²) in [4.78, 5) is 27.4. The molecule has 37 heavy (non-hydrogen) atoms. The van der Waals surface area contributed by atoms with E-state index in [0.717, 1.165) is 68.6 Å². The Hall–Kier alpha value is -2.66. The Bertz CT molecular complexity index is 948. The van der Waals surface area contributed by atoms with E-state index in [4.69, 9.17) is 4.74 Å². The van der Waals surface area contributed by atoms with Crippen molar-refractivity contribution >= 4 is 17.6 Å². The van der Waals surface area contributed by atoms with Crippen molar-refractivity contribution in [1.82, 2.24) is 4.90 Å². The number of carbonyl (C=O) groups is 2. The van der Waals surface area contributed by atoms with E-state index in [0.29, 0.717) is 18.1 Å². The SMILES string of the molecule is CCCCN(CCCCC(C(=O)Nc1c(C)cccc1C)C(C)C)Cc1ccc(OC(=O)CCC)cc1. The minimum atomic E-state index is -0.178. The van der Waals surface area contributed by atoms with Crippen LogP contribution in [0, 0.1) is 25.7 Å². The summed E-state index contributed by atoms with van der Waals surface area (Å²) < 4.78 is 5.39. The molecule has 1 atom stereocenters. The van der Waals surface area contributed by atoms with Crippen LogP contribution in [0.5, 0.6) is 5.75 Å². The highest BCUT2D eigenvalue weighted by molar-refractivity contribution is 5.94. The van der Waals surface area contributed by atoms with E-state index in [1.807, 2.05) is 51.1 Å². The first-order valence-corrected chi connectivity index (χ1v) is 14.1. The summed E-state index contributed by atoms with van der Waals surface area (Å²) in [6.07, 6.45) is 6.55. The second-order valence-electron chi connectivity index (χ2n) is 10.6. The monoisotopic (exact) mass is 508 g/mol. The molecule has 0 saturated carbocycles. The molecule has 0 saturated heterocycles. The maximum absolute atomic E-state index is 13.1. The van der Waals surface area contributed by atoms with E-state index in [-0.39, 0.29) is 17.8 Å². The molecular formula is C32H48N2O3. The molecule has 1 amide bonds. The predicted molar refractivity (Wildman–Crippen MR) is 154 cm³/mol. The van der Waals surface area contributed by atoms with E-state index in [1.54, 1.807) is 0 Å². The Morgan fingerprint density at radius 3 is 2.14 bits per heavy atom. The molecule has 2 rings (SSSR count). The van der Waals surface area contributed by atoms with Crippen LogP contribution < -0.4 is 10.1 Å². The van der Waals surface area contributed by atoms with Crippen molar-refractivity contribution in [2.75, 3.05) is 18.4 Å². The van der Waals surface area contributed by atoms with E-state index in [2.05, 4.69) is 43.1 Å². The average Bonchev–Trinajstić information content (AvgIpc) is 2.85. The number of aryl methyl sites for hydroxylation is 2. The van der Waals surface area contributed by atoms with Crippen LogP contribution >= 0.6 is 0 Å². The summed E-state index contributed by atoms with van der Waals surface area (Å²) in [6, 6.07) is 14.0. The number of anilines is 1. The van der Waals surface area contributed by atoms with Crippen LogP contribution in [0.25, 0.3) is 0 Å². The first-order valence-electron chi connectivity index (χ1n) is 14.1.